The molecule has 3 nitrogen and oxygen atoms in total. The maximum absolute atomic E-state index is 5.91. The summed E-state index contributed by atoms with van der Waals surface area (Å²) in [5, 5.41) is 0. The van der Waals surface area contributed by atoms with Crippen molar-refractivity contribution in [1.29, 1.82) is 0 Å². The van der Waals surface area contributed by atoms with Gasteiger partial charge in [0.1, 0.15) is 0 Å². The van der Waals surface area contributed by atoms with Crippen LogP contribution in [-0.4, -0.2) is 42.8 Å². The lowest BCUT2D eigenvalue weighted by Crippen LogP contribution is -2.53. The Morgan fingerprint density at radius 2 is 2.20 bits per heavy atom. The molecule has 1 fully saturated rings. The van der Waals surface area contributed by atoms with Crippen molar-refractivity contribution >= 4 is 0 Å². The van der Waals surface area contributed by atoms with E-state index in [-0.39, 0.29) is 5.54 Å². The van der Waals surface area contributed by atoms with Gasteiger partial charge in [-0.1, -0.05) is 6.92 Å². The lowest BCUT2D eigenvalue weighted by atomic mass is 10.0. The summed E-state index contributed by atoms with van der Waals surface area (Å²) in [4.78, 5) is 2.53. The minimum Gasteiger partial charge on any atom is -0.378 e. The van der Waals surface area contributed by atoms with Crippen LogP contribution in [0.3, 0.4) is 0 Å². The minimum atomic E-state index is 0.203. The highest BCUT2D eigenvalue weighted by Gasteiger charge is 2.29. The van der Waals surface area contributed by atoms with E-state index in [2.05, 4.69) is 25.7 Å². The number of hydrogen-bond acceptors (Lipinski definition) is 3. The van der Waals surface area contributed by atoms with Crippen molar-refractivity contribution in [2.45, 2.75) is 51.6 Å². The molecular weight excluding hydrogens is 188 g/mol. The standard InChI is InChI=1S/C12H26N2O/c1-4-11(13)6-5-7-14-8-9-15-10-12(14,2)3/h11H,4-10,13H2,1-3H3. The summed E-state index contributed by atoms with van der Waals surface area (Å²) in [5.74, 6) is 0. The van der Waals surface area contributed by atoms with Gasteiger partial charge in [0, 0.05) is 18.1 Å². The molecule has 0 amide bonds. The Morgan fingerprint density at radius 1 is 1.47 bits per heavy atom. The lowest BCUT2D eigenvalue weighted by molar-refractivity contribution is -0.0514. The van der Waals surface area contributed by atoms with Gasteiger partial charge in [-0.2, -0.15) is 0 Å². The summed E-state index contributed by atoms with van der Waals surface area (Å²) in [6.07, 6.45) is 3.44. The summed E-state index contributed by atoms with van der Waals surface area (Å²) in [7, 11) is 0. The largest absolute Gasteiger partial charge is 0.378 e. The van der Waals surface area contributed by atoms with Crippen LogP contribution in [0.25, 0.3) is 0 Å². The third kappa shape index (κ3) is 4.09. The van der Waals surface area contributed by atoms with E-state index in [0.717, 1.165) is 39.1 Å². The maximum atomic E-state index is 5.91. The molecule has 1 rings (SSSR count). The average molecular weight is 214 g/mol. The number of hydrogen-bond donors (Lipinski definition) is 1. The first-order valence-electron chi connectivity index (χ1n) is 6.14. The summed E-state index contributed by atoms with van der Waals surface area (Å²) in [6, 6.07) is 0.383. The number of ether oxygens (including phenoxy) is 1. The third-order valence-electron chi connectivity index (χ3n) is 3.34. The van der Waals surface area contributed by atoms with E-state index in [1.165, 1.54) is 6.42 Å². The third-order valence-corrected chi connectivity index (χ3v) is 3.34. The topological polar surface area (TPSA) is 38.5 Å². The van der Waals surface area contributed by atoms with Gasteiger partial charge in [0.05, 0.1) is 13.2 Å². The predicted octanol–water partition coefficient (Wildman–Crippen LogP) is 1.61. The molecule has 1 atom stereocenters. The van der Waals surface area contributed by atoms with E-state index < -0.39 is 0 Å². The van der Waals surface area contributed by atoms with Crippen molar-refractivity contribution in [2.75, 3.05) is 26.3 Å². The molecule has 0 radical (unpaired) electrons. The highest BCUT2D eigenvalue weighted by molar-refractivity contribution is 4.84. The van der Waals surface area contributed by atoms with Gasteiger partial charge in [-0.05, 0) is 39.7 Å². The molecule has 2 N–H and O–H groups in total. The molecule has 1 aliphatic heterocycles. The fourth-order valence-electron chi connectivity index (χ4n) is 2.05. The first kappa shape index (κ1) is 12.9. The molecule has 90 valence electrons. The van der Waals surface area contributed by atoms with Crippen LogP contribution in [0.4, 0.5) is 0 Å². The molecule has 0 aliphatic carbocycles. The number of rotatable bonds is 5. The molecule has 0 aromatic carbocycles. The predicted molar refractivity (Wildman–Crippen MR) is 64.0 cm³/mol. The van der Waals surface area contributed by atoms with Gasteiger partial charge in [-0.15, -0.1) is 0 Å². The van der Waals surface area contributed by atoms with Crippen LogP contribution in [0.1, 0.15) is 40.0 Å². The molecule has 1 saturated heterocycles. The quantitative estimate of drug-likeness (QED) is 0.755. The fraction of sp³-hybridized carbons (Fsp3) is 1.00. The highest BCUT2D eigenvalue weighted by Crippen LogP contribution is 2.19. The Hall–Kier alpha value is -0.120. The van der Waals surface area contributed by atoms with Crippen LogP contribution < -0.4 is 5.73 Å². The van der Waals surface area contributed by atoms with Crippen LogP contribution in [0.15, 0.2) is 0 Å². The van der Waals surface area contributed by atoms with Gasteiger partial charge in [0.2, 0.25) is 0 Å². The molecule has 1 heterocycles. The number of nitrogens with two attached hydrogens (primary N) is 1. The van der Waals surface area contributed by atoms with Crippen LogP contribution in [0.5, 0.6) is 0 Å². The Kier molecular flexibility index (Phi) is 5.03. The Morgan fingerprint density at radius 3 is 2.80 bits per heavy atom. The van der Waals surface area contributed by atoms with Crippen molar-refractivity contribution in [3.63, 3.8) is 0 Å². The van der Waals surface area contributed by atoms with E-state index in [1.807, 2.05) is 0 Å². The summed E-state index contributed by atoms with van der Waals surface area (Å²) < 4.78 is 5.50. The van der Waals surface area contributed by atoms with Gasteiger partial charge in [-0.25, -0.2) is 0 Å². The Balaban J connectivity index is 2.24. The van der Waals surface area contributed by atoms with Gasteiger partial charge < -0.3 is 10.5 Å². The molecule has 0 saturated carbocycles. The van der Waals surface area contributed by atoms with Crippen molar-refractivity contribution in [3.8, 4) is 0 Å². The molecule has 15 heavy (non-hydrogen) atoms. The van der Waals surface area contributed by atoms with E-state index >= 15 is 0 Å². The van der Waals surface area contributed by atoms with Crippen molar-refractivity contribution in [2.24, 2.45) is 5.73 Å². The lowest BCUT2D eigenvalue weighted by Gasteiger charge is -2.42. The van der Waals surface area contributed by atoms with Crippen LogP contribution in [0, 0.1) is 0 Å². The second kappa shape index (κ2) is 5.83. The average Bonchev–Trinajstić information content (AvgIpc) is 2.20. The van der Waals surface area contributed by atoms with Gasteiger partial charge >= 0.3 is 0 Å². The molecule has 0 aromatic heterocycles. The minimum absolute atomic E-state index is 0.203. The number of nitrogens with zero attached hydrogens (tertiary/aromatic N) is 1. The normalized spacial score (nSPS) is 24.0. The molecular formula is C12H26N2O. The molecule has 0 bridgehead atoms. The first-order valence-corrected chi connectivity index (χ1v) is 6.14. The van der Waals surface area contributed by atoms with Gasteiger partial charge in [-0.3, -0.25) is 4.90 Å². The summed E-state index contributed by atoms with van der Waals surface area (Å²) in [6.45, 7) is 10.6. The monoisotopic (exact) mass is 214 g/mol. The molecule has 1 unspecified atom stereocenters. The Bertz CT molecular complexity index is 182. The van der Waals surface area contributed by atoms with Crippen LogP contribution in [0.2, 0.25) is 0 Å². The van der Waals surface area contributed by atoms with Crippen molar-refractivity contribution < 1.29 is 4.74 Å². The van der Waals surface area contributed by atoms with E-state index in [9.17, 15) is 0 Å². The fourth-order valence-corrected chi connectivity index (χ4v) is 2.05. The molecule has 0 spiro atoms. The number of morpholine rings is 1. The SMILES string of the molecule is CCC(N)CCCN1CCOCC1(C)C. The van der Waals surface area contributed by atoms with Gasteiger partial charge in [0.15, 0.2) is 0 Å². The second-order valence-electron chi connectivity index (χ2n) is 5.16. The summed E-state index contributed by atoms with van der Waals surface area (Å²) in [5.41, 5.74) is 6.12. The van der Waals surface area contributed by atoms with Crippen LogP contribution >= 0.6 is 0 Å². The second-order valence-corrected chi connectivity index (χ2v) is 5.16. The van der Waals surface area contributed by atoms with Gasteiger partial charge in [0.25, 0.3) is 0 Å². The Labute approximate surface area is 94.0 Å². The van der Waals surface area contributed by atoms with Crippen molar-refractivity contribution in [3.05, 3.63) is 0 Å². The smallest absolute Gasteiger partial charge is 0.0645 e. The van der Waals surface area contributed by atoms with Crippen molar-refractivity contribution in [1.82, 2.24) is 4.90 Å². The highest BCUT2D eigenvalue weighted by atomic mass is 16.5. The van der Waals surface area contributed by atoms with Crippen LogP contribution in [-0.2, 0) is 4.74 Å². The summed E-state index contributed by atoms with van der Waals surface area (Å²) >= 11 is 0. The molecule has 1 aliphatic rings. The zero-order valence-electron chi connectivity index (χ0n) is 10.5. The zero-order valence-corrected chi connectivity index (χ0v) is 10.5. The van der Waals surface area contributed by atoms with E-state index in [1.54, 1.807) is 0 Å². The first-order chi connectivity index (χ1) is 7.06. The zero-order chi connectivity index (χ0) is 11.3. The van der Waals surface area contributed by atoms with E-state index in [0.29, 0.717) is 6.04 Å². The maximum Gasteiger partial charge on any atom is 0.0645 e. The molecule has 0 aromatic rings. The van der Waals surface area contributed by atoms with E-state index in [4.69, 9.17) is 10.5 Å². The molecule has 3 heteroatoms.